The van der Waals surface area contributed by atoms with Crippen molar-refractivity contribution >= 4 is 11.6 Å². The molecule has 5 aliphatic carbocycles. The van der Waals surface area contributed by atoms with Crippen molar-refractivity contribution in [2.75, 3.05) is 0 Å². The van der Waals surface area contributed by atoms with Gasteiger partial charge in [-0.05, 0) is 103 Å². The summed E-state index contributed by atoms with van der Waals surface area (Å²) in [6.07, 6.45) is 11.9. The van der Waals surface area contributed by atoms with E-state index in [0.29, 0.717) is 47.6 Å². The third kappa shape index (κ3) is 3.72. The maximum Gasteiger partial charge on any atom is 0.156 e. The first-order chi connectivity index (χ1) is 17.9. The first kappa shape index (κ1) is 23.3. The molecule has 0 bridgehead atoms. The zero-order valence-electron chi connectivity index (χ0n) is 22.1. The highest BCUT2D eigenvalue weighted by Crippen LogP contribution is 2.67. The van der Waals surface area contributed by atoms with Gasteiger partial charge in [0.25, 0.3) is 0 Å². The molecule has 1 heterocycles. The molecule has 3 heteroatoms. The highest BCUT2D eigenvalue weighted by Gasteiger charge is 2.61. The predicted molar refractivity (Wildman–Crippen MR) is 146 cm³/mol. The van der Waals surface area contributed by atoms with E-state index in [1.807, 2.05) is 24.4 Å². The Morgan fingerprint density at radius 3 is 2.54 bits per heavy atom. The molecule has 2 aromatic rings. The Balaban J connectivity index is 1.34. The number of carbonyl (C=O) groups is 2. The van der Waals surface area contributed by atoms with Crippen LogP contribution >= 0.6 is 0 Å². The number of fused-ring (bicyclic) bond motifs is 4. The second-order valence-electron chi connectivity index (χ2n) is 12.8. The minimum atomic E-state index is 0.0455. The van der Waals surface area contributed by atoms with Gasteiger partial charge in [-0.2, -0.15) is 0 Å². The van der Waals surface area contributed by atoms with Crippen molar-refractivity contribution < 1.29 is 9.59 Å². The van der Waals surface area contributed by atoms with Gasteiger partial charge in [-0.15, -0.1) is 0 Å². The lowest BCUT2D eigenvalue weighted by Gasteiger charge is -2.52. The van der Waals surface area contributed by atoms with Crippen molar-refractivity contribution in [2.45, 2.75) is 71.1 Å². The maximum absolute atomic E-state index is 13.7. The Morgan fingerprint density at radius 2 is 1.81 bits per heavy atom. The highest BCUT2D eigenvalue weighted by atomic mass is 16.1. The molecule has 0 N–H and O–H groups in total. The highest BCUT2D eigenvalue weighted by molar-refractivity contribution is 5.93. The van der Waals surface area contributed by atoms with E-state index in [1.165, 1.54) is 23.1 Å². The number of ketones is 2. The first-order valence-electron chi connectivity index (χ1n) is 14.5. The average Bonchev–Trinajstić information content (AvgIpc) is 3.72. The fraction of sp³-hybridized carbons (Fsp3) is 0.500. The minimum absolute atomic E-state index is 0.0455. The summed E-state index contributed by atoms with van der Waals surface area (Å²) in [5.74, 6) is 3.25. The second kappa shape index (κ2) is 8.61. The van der Waals surface area contributed by atoms with E-state index in [-0.39, 0.29) is 11.3 Å². The molecule has 37 heavy (non-hydrogen) atoms. The fourth-order valence-corrected chi connectivity index (χ4v) is 8.97. The van der Waals surface area contributed by atoms with E-state index >= 15 is 0 Å². The molecule has 5 aliphatic rings. The summed E-state index contributed by atoms with van der Waals surface area (Å²) < 4.78 is 0. The largest absolute Gasteiger partial charge is 0.299 e. The number of nitrogens with zero attached hydrogens (tertiary/aromatic N) is 1. The van der Waals surface area contributed by atoms with Crippen LogP contribution in [0.1, 0.15) is 76.7 Å². The summed E-state index contributed by atoms with van der Waals surface area (Å²) in [6, 6.07) is 15.1. The lowest BCUT2D eigenvalue weighted by Crippen LogP contribution is -2.45. The SMILES string of the molecule is C[C@@H]1C[C@H]2[C@@H]3CCC4=CC(=O)CCC4=C3[C@@H](c3ccc(-c4ccccn4)cc3)C[C@]2(C)[C@H]1C(=O)C1CC1. The minimum Gasteiger partial charge on any atom is -0.299 e. The summed E-state index contributed by atoms with van der Waals surface area (Å²) in [5, 5.41) is 0. The fourth-order valence-electron chi connectivity index (χ4n) is 8.97. The molecule has 0 radical (unpaired) electrons. The lowest BCUT2D eigenvalue weighted by molar-refractivity contribution is -0.130. The number of aromatic nitrogens is 1. The topological polar surface area (TPSA) is 47.0 Å². The van der Waals surface area contributed by atoms with Gasteiger partial charge in [0.05, 0.1) is 5.69 Å². The van der Waals surface area contributed by atoms with Gasteiger partial charge in [-0.25, -0.2) is 0 Å². The molecule has 0 amide bonds. The molecule has 6 atom stereocenters. The summed E-state index contributed by atoms with van der Waals surface area (Å²) >= 11 is 0. The van der Waals surface area contributed by atoms with Crippen LogP contribution in [0.3, 0.4) is 0 Å². The zero-order chi connectivity index (χ0) is 25.3. The second-order valence-corrected chi connectivity index (χ2v) is 12.8. The standard InChI is InChI=1S/C34H37NO2/c1-20-17-29-27-14-12-24-18-25(36)13-15-26(24)31(27)28(19-34(29,2)32(20)33(37)23-10-11-23)21-6-8-22(9-7-21)30-5-3-4-16-35-30/h3-9,16,18,20,23,27-29,32H,10-15,17,19H2,1-2H3/t20-,27+,28-,29+,32-,34+/m1/s1. The monoisotopic (exact) mass is 491 g/mol. The summed E-state index contributed by atoms with van der Waals surface area (Å²) in [5.41, 5.74) is 7.95. The number of benzene rings is 1. The molecule has 0 spiro atoms. The molecule has 3 fully saturated rings. The number of pyridine rings is 1. The smallest absolute Gasteiger partial charge is 0.156 e. The van der Waals surface area contributed by atoms with E-state index < -0.39 is 0 Å². The number of hydrogen-bond donors (Lipinski definition) is 0. The van der Waals surface area contributed by atoms with E-state index in [9.17, 15) is 9.59 Å². The lowest BCUT2D eigenvalue weighted by atomic mass is 9.51. The van der Waals surface area contributed by atoms with Crippen LogP contribution in [0, 0.1) is 35.0 Å². The van der Waals surface area contributed by atoms with Gasteiger partial charge >= 0.3 is 0 Å². The van der Waals surface area contributed by atoms with Gasteiger partial charge in [0.2, 0.25) is 0 Å². The molecular weight excluding hydrogens is 454 g/mol. The Morgan fingerprint density at radius 1 is 1.00 bits per heavy atom. The van der Waals surface area contributed by atoms with Crippen LogP contribution < -0.4 is 0 Å². The quantitative estimate of drug-likeness (QED) is 0.445. The van der Waals surface area contributed by atoms with E-state index in [4.69, 9.17) is 0 Å². The molecule has 0 unspecified atom stereocenters. The van der Waals surface area contributed by atoms with Gasteiger partial charge in [0.1, 0.15) is 5.78 Å². The Hall–Kier alpha value is -2.81. The van der Waals surface area contributed by atoms with Crippen LogP contribution in [0.2, 0.25) is 0 Å². The number of allylic oxidation sites excluding steroid dienone is 4. The molecule has 190 valence electrons. The van der Waals surface area contributed by atoms with Gasteiger partial charge < -0.3 is 0 Å². The van der Waals surface area contributed by atoms with Crippen LogP contribution in [0.5, 0.6) is 0 Å². The van der Waals surface area contributed by atoms with Crippen molar-refractivity contribution in [1.82, 2.24) is 4.98 Å². The number of hydrogen-bond acceptors (Lipinski definition) is 3. The third-order valence-corrected chi connectivity index (χ3v) is 10.6. The van der Waals surface area contributed by atoms with E-state index in [1.54, 1.807) is 5.57 Å². The Bertz CT molecular complexity index is 1320. The zero-order valence-corrected chi connectivity index (χ0v) is 22.1. The maximum atomic E-state index is 13.7. The Labute approximate surface area is 220 Å². The van der Waals surface area contributed by atoms with Gasteiger partial charge in [0, 0.05) is 35.9 Å². The molecule has 1 aromatic carbocycles. The summed E-state index contributed by atoms with van der Waals surface area (Å²) in [4.78, 5) is 30.6. The molecular formula is C34H37NO2. The molecule has 7 rings (SSSR count). The summed E-state index contributed by atoms with van der Waals surface area (Å²) in [6.45, 7) is 4.82. The van der Waals surface area contributed by atoms with E-state index in [2.05, 4.69) is 49.2 Å². The Kier molecular flexibility index (Phi) is 5.43. The van der Waals surface area contributed by atoms with Crippen LogP contribution in [0.25, 0.3) is 11.3 Å². The van der Waals surface area contributed by atoms with Crippen molar-refractivity contribution in [3.63, 3.8) is 0 Å². The van der Waals surface area contributed by atoms with Crippen molar-refractivity contribution in [1.29, 1.82) is 0 Å². The van der Waals surface area contributed by atoms with Crippen LogP contribution in [-0.2, 0) is 9.59 Å². The summed E-state index contributed by atoms with van der Waals surface area (Å²) in [7, 11) is 0. The number of Topliss-reactive ketones (excluding diaryl/α,β-unsaturated/α-hetero) is 1. The van der Waals surface area contributed by atoms with Crippen molar-refractivity contribution in [3.05, 3.63) is 77.0 Å². The van der Waals surface area contributed by atoms with Crippen molar-refractivity contribution in [3.8, 4) is 11.3 Å². The third-order valence-electron chi connectivity index (χ3n) is 10.6. The number of carbonyl (C=O) groups excluding carboxylic acids is 2. The van der Waals surface area contributed by atoms with E-state index in [0.717, 1.165) is 49.8 Å². The van der Waals surface area contributed by atoms with Gasteiger partial charge in [0.15, 0.2) is 5.78 Å². The molecule has 0 saturated heterocycles. The molecule has 3 saturated carbocycles. The van der Waals surface area contributed by atoms with Crippen molar-refractivity contribution in [2.24, 2.45) is 35.0 Å². The van der Waals surface area contributed by atoms with Crippen LogP contribution in [-0.4, -0.2) is 16.6 Å². The van der Waals surface area contributed by atoms with Gasteiger partial charge in [-0.1, -0.05) is 49.8 Å². The normalized spacial score (nSPS) is 34.9. The predicted octanol–water partition coefficient (Wildman–Crippen LogP) is 7.49. The molecule has 0 aliphatic heterocycles. The average molecular weight is 492 g/mol. The molecule has 3 nitrogen and oxygen atoms in total. The number of rotatable bonds is 4. The molecule has 1 aromatic heterocycles. The first-order valence-corrected chi connectivity index (χ1v) is 14.5. The van der Waals surface area contributed by atoms with Crippen LogP contribution in [0.15, 0.2) is 71.5 Å². The van der Waals surface area contributed by atoms with Crippen LogP contribution in [0.4, 0.5) is 0 Å². The van der Waals surface area contributed by atoms with Gasteiger partial charge in [-0.3, -0.25) is 14.6 Å².